The molecule has 1 aromatic rings. The predicted octanol–water partition coefficient (Wildman–Crippen LogP) is 2.52. The highest BCUT2D eigenvalue weighted by atomic mass is 79.9. The second-order valence-electron chi connectivity index (χ2n) is 3.70. The second-order valence-corrected chi connectivity index (χ2v) is 4.49. The Labute approximate surface area is 92.6 Å². The quantitative estimate of drug-likeness (QED) is 0.901. The maximum Gasteiger partial charge on any atom is 0.133 e. The smallest absolute Gasteiger partial charge is 0.133 e. The molecule has 2 atom stereocenters. The van der Waals surface area contributed by atoms with Crippen LogP contribution in [-0.4, -0.2) is 13.7 Å². The molecule has 2 rings (SSSR count). The van der Waals surface area contributed by atoms with Crippen LogP contribution in [0.3, 0.4) is 0 Å². The standard InChI is InChI=1S/C11H14BrNO/c1-14-10-4-2-3-8(11(10)12)9-5-7(9)6-13/h2-4,7,9H,5-6,13H2,1H3/t7-,9+/m0/s1. The van der Waals surface area contributed by atoms with Gasteiger partial charge in [-0.2, -0.15) is 0 Å². The van der Waals surface area contributed by atoms with E-state index in [1.807, 2.05) is 12.1 Å². The van der Waals surface area contributed by atoms with Crippen LogP contribution in [0.2, 0.25) is 0 Å². The van der Waals surface area contributed by atoms with Crippen molar-refractivity contribution in [3.63, 3.8) is 0 Å². The molecule has 1 aromatic carbocycles. The van der Waals surface area contributed by atoms with Crippen molar-refractivity contribution in [1.29, 1.82) is 0 Å². The van der Waals surface area contributed by atoms with E-state index in [1.54, 1.807) is 7.11 Å². The maximum absolute atomic E-state index is 5.64. The van der Waals surface area contributed by atoms with Crippen LogP contribution >= 0.6 is 15.9 Å². The van der Waals surface area contributed by atoms with E-state index < -0.39 is 0 Å². The first-order chi connectivity index (χ1) is 6.77. The van der Waals surface area contributed by atoms with Crippen molar-refractivity contribution < 1.29 is 4.74 Å². The fraction of sp³-hybridized carbons (Fsp3) is 0.455. The van der Waals surface area contributed by atoms with E-state index in [-0.39, 0.29) is 0 Å². The van der Waals surface area contributed by atoms with Crippen LogP contribution in [0.15, 0.2) is 22.7 Å². The van der Waals surface area contributed by atoms with Gasteiger partial charge in [-0.15, -0.1) is 0 Å². The summed E-state index contributed by atoms with van der Waals surface area (Å²) in [6.07, 6.45) is 1.21. The van der Waals surface area contributed by atoms with Gasteiger partial charge in [0.25, 0.3) is 0 Å². The van der Waals surface area contributed by atoms with Gasteiger partial charge in [0, 0.05) is 0 Å². The maximum atomic E-state index is 5.64. The highest BCUT2D eigenvalue weighted by Gasteiger charge is 2.38. The molecule has 0 unspecified atom stereocenters. The van der Waals surface area contributed by atoms with Crippen LogP contribution in [0.5, 0.6) is 5.75 Å². The van der Waals surface area contributed by atoms with Crippen molar-refractivity contribution in [1.82, 2.24) is 0 Å². The molecule has 0 spiro atoms. The topological polar surface area (TPSA) is 35.2 Å². The third kappa shape index (κ3) is 1.66. The van der Waals surface area contributed by atoms with Crippen molar-refractivity contribution >= 4 is 15.9 Å². The number of methoxy groups -OCH3 is 1. The lowest BCUT2D eigenvalue weighted by Crippen LogP contribution is -2.02. The lowest BCUT2D eigenvalue weighted by atomic mass is 10.1. The molecular formula is C11H14BrNO. The summed E-state index contributed by atoms with van der Waals surface area (Å²) in [6.45, 7) is 0.786. The highest BCUT2D eigenvalue weighted by molar-refractivity contribution is 9.10. The normalized spacial score (nSPS) is 24.8. The second kappa shape index (κ2) is 3.91. The predicted molar refractivity (Wildman–Crippen MR) is 60.6 cm³/mol. The Kier molecular flexibility index (Phi) is 2.79. The van der Waals surface area contributed by atoms with Gasteiger partial charge in [-0.1, -0.05) is 12.1 Å². The monoisotopic (exact) mass is 255 g/mol. The van der Waals surface area contributed by atoms with Crippen LogP contribution in [0.4, 0.5) is 0 Å². The van der Waals surface area contributed by atoms with Crippen molar-refractivity contribution in [3.8, 4) is 5.75 Å². The Hall–Kier alpha value is -0.540. The first-order valence-electron chi connectivity index (χ1n) is 4.80. The minimum atomic E-state index is 0.629. The van der Waals surface area contributed by atoms with Gasteiger partial charge < -0.3 is 10.5 Å². The van der Waals surface area contributed by atoms with Gasteiger partial charge in [-0.25, -0.2) is 0 Å². The van der Waals surface area contributed by atoms with E-state index in [2.05, 4.69) is 22.0 Å². The van der Waals surface area contributed by atoms with E-state index in [1.165, 1.54) is 12.0 Å². The molecule has 0 bridgehead atoms. The minimum Gasteiger partial charge on any atom is -0.496 e. The molecule has 14 heavy (non-hydrogen) atoms. The summed E-state index contributed by atoms with van der Waals surface area (Å²) in [5, 5.41) is 0. The van der Waals surface area contributed by atoms with E-state index in [9.17, 15) is 0 Å². The molecule has 0 amide bonds. The molecule has 1 aliphatic carbocycles. The molecule has 0 aromatic heterocycles. The van der Waals surface area contributed by atoms with Crippen LogP contribution in [0, 0.1) is 5.92 Å². The average Bonchev–Trinajstić information content (AvgIpc) is 2.97. The van der Waals surface area contributed by atoms with E-state index in [0.29, 0.717) is 11.8 Å². The minimum absolute atomic E-state index is 0.629. The van der Waals surface area contributed by atoms with E-state index in [4.69, 9.17) is 10.5 Å². The Morgan fingerprint density at radius 2 is 2.36 bits per heavy atom. The molecular weight excluding hydrogens is 242 g/mol. The Morgan fingerprint density at radius 3 is 2.93 bits per heavy atom. The van der Waals surface area contributed by atoms with Gasteiger partial charge in [0.1, 0.15) is 5.75 Å². The highest BCUT2D eigenvalue weighted by Crippen LogP contribution is 2.50. The Bertz CT molecular complexity index is 340. The largest absolute Gasteiger partial charge is 0.496 e. The fourth-order valence-electron chi connectivity index (χ4n) is 1.86. The Morgan fingerprint density at radius 1 is 1.57 bits per heavy atom. The van der Waals surface area contributed by atoms with E-state index in [0.717, 1.165) is 16.8 Å². The first-order valence-corrected chi connectivity index (χ1v) is 5.59. The van der Waals surface area contributed by atoms with Crippen LogP contribution in [-0.2, 0) is 0 Å². The van der Waals surface area contributed by atoms with Gasteiger partial charge in [0.15, 0.2) is 0 Å². The molecule has 0 radical (unpaired) electrons. The summed E-state index contributed by atoms with van der Waals surface area (Å²) >= 11 is 3.57. The molecule has 76 valence electrons. The zero-order chi connectivity index (χ0) is 10.1. The molecule has 3 heteroatoms. The van der Waals surface area contributed by atoms with Crippen LogP contribution < -0.4 is 10.5 Å². The summed E-state index contributed by atoms with van der Waals surface area (Å²) in [6, 6.07) is 6.14. The number of benzene rings is 1. The van der Waals surface area contributed by atoms with Crippen LogP contribution in [0.1, 0.15) is 17.9 Å². The van der Waals surface area contributed by atoms with E-state index >= 15 is 0 Å². The lowest BCUT2D eigenvalue weighted by molar-refractivity contribution is 0.411. The zero-order valence-corrected chi connectivity index (χ0v) is 9.75. The number of hydrogen-bond acceptors (Lipinski definition) is 2. The summed E-state index contributed by atoms with van der Waals surface area (Å²) < 4.78 is 6.34. The third-order valence-electron chi connectivity index (χ3n) is 2.84. The molecule has 2 N–H and O–H groups in total. The molecule has 0 saturated heterocycles. The van der Waals surface area contributed by atoms with Crippen LogP contribution in [0.25, 0.3) is 0 Å². The van der Waals surface area contributed by atoms with Gasteiger partial charge in [-0.3, -0.25) is 0 Å². The van der Waals surface area contributed by atoms with Gasteiger partial charge in [0.2, 0.25) is 0 Å². The molecule has 0 aliphatic heterocycles. The average molecular weight is 256 g/mol. The molecule has 0 heterocycles. The zero-order valence-electron chi connectivity index (χ0n) is 8.16. The third-order valence-corrected chi connectivity index (χ3v) is 3.69. The SMILES string of the molecule is COc1cccc([C@@H]2C[C@H]2CN)c1Br. The van der Waals surface area contributed by atoms with Crippen molar-refractivity contribution in [3.05, 3.63) is 28.2 Å². The summed E-state index contributed by atoms with van der Waals surface area (Å²) in [5.41, 5.74) is 6.97. The van der Waals surface area contributed by atoms with Crippen molar-refractivity contribution in [2.75, 3.05) is 13.7 Å². The lowest BCUT2D eigenvalue weighted by Gasteiger charge is -2.08. The number of halogens is 1. The number of ether oxygens (including phenoxy) is 1. The molecule has 1 fully saturated rings. The summed E-state index contributed by atoms with van der Waals surface area (Å²) in [7, 11) is 1.69. The Balaban J connectivity index is 2.26. The fourth-order valence-corrected chi connectivity index (χ4v) is 2.58. The molecule has 1 aliphatic rings. The van der Waals surface area contributed by atoms with Gasteiger partial charge >= 0.3 is 0 Å². The number of hydrogen-bond donors (Lipinski definition) is 1. The number of rotatable bonds is 3. The molecule has 1 saturated carbocycles. The van der Waals surface area contributed by atoms with Gasteiger partial charge in [-0.05, 0) is 52.4 Å². The molecule has 2 nitrogen and oxygen atoms in total. The first kappa shape index (κ1) is 9.99. The van der Waals surface area contributed by atoms with Crippen molar-refractivity contribution in [2.24, 2.45) is 11.7 Å². The van der Waals surface area contributed by atoms with Gasteiger partial charge in [0.05, 0.1) is 11.6 Å². The summed E-state index contributed by atoms with van der Waals surface area (Å²) in [4.78, 5) is 0. The number of nitrogens with two attached hydrogens (primary N) is 1. The summed E-state index contributed by atoms with van der Waals surface area (Å²) in [5.74, 6) is 2.20. The van der Waals surface area contributed by atoms with Crippen molar-refractivity contribution in [2.45, 2.75) is 12.3 Å².